The van der Waals surface area contributed by atoms with Crippen LogP contribution in [0.4, 0.5) is 0 Å². The van der Waals surface area contributed by atoms with Crippen LogP contribution in [-0.4, -0.2) is 47.7 Å². The molecule has 5 heteroatoms. The average Bonchev–Trinajstić information content (AvgIpc) is 3.20. The van der Waals surface area contributed by atoms with Crippen molar-refractivity contribution in [3.8, 4) is 0 Å². The zero-order chi connectivity index (χ0) is 24.6. The quantitative estimate of drug-likeness (QED) is 0.495. The molecule has 184 valence electrons. The second-order valence-corrected chi connectivity index (χ2v) is 11.1. The lowest BCUT2D eigenvalue weighted by molar-refractivity contribution is -0.131. The minimum Gasteiger partial charge on any atom is -0.299 e. The first-order chi connectivity index (χ1) is 14.8. The molecule has 0 N–H and O–H groups in total. The summed E-state index contributed by atoms with van der Waals surface area (Å²) < 4.78 is 0. The third-order valence-corrected chi connectivity index (χ3v) is 6.94. The Bertz CT molecular complexity index is 589. The van der Waals surface area contributed by atoms with Gasteiger partial charge >= 0.3 is 0 Å². The molecule has 0 aromatic carbocycles. The van der Waals surface area contributed by atoms with Gasteiger partial charge in [-0.1, -0.05) is 55.4 Å². The molecule has 0 unspecified atom stereocenters. The van der Waals surface area contributed by atoms with Crippen LogP contribution in [0.5, 0.6) is 0 Å². The van der Waals surface area contributed by atoms with E-state index >= 15 is 0 Å². The van der Waals surface area contributed by atoms with Crippen LogP contribution < -0.4 is 0 Å². The first kappa shape index (κ1) is 28.7. The summed E-state index contributed by atoms with van der Waals surface area (Å²) in [7, 11) is 0. The second-order valence-electron chi connectivity index (χ2n) is 11.1. The zero-order valence-electron chi connectivity index (χ0n) is 21.8. The highest BCUT2D eigenvalue weighted by Crippen LogP contribution is 2.32. The monoisotopic (exact) mass is 449 g/mol. The lowest BCUT2D eigenvalue weighted by Crippen LogP contribution is -2.31. The molecule has 2 rings (SSSR count). The van der Waals surface area contributed by atoms with Gasteiger partial charge in [-0.25, -0.2) is 0 Å². The van der Waals surface area contributed by atoms with Crippen molar-refractivity contribution < 1.29 is 19.2 Å². The molecular formula is C27H47NO4. The maximum atomic E-state index is 11.8. The summed E-state index contributed by atoms with van der Waals surface area (Å²) in [5.41, 5.74) is 0. The number of hydrogen-bond acceptors (Lipinski definition) is 5. The predicted octanol–water partition coefficient (Wildman–Crippen LogP) is 5.00. The first-order valence-electron chi connectivity index (χ1n) is 12.7. The fourth-order valence-corrected chi connectivity index (χ4v) is 4.69. The molecule has 2 aliphatic rings. The van der Waals surface area contributed by atoms with Gasteiger partial charge in [0.2, 0.25) is 0 Å². The van der Waals surface area contributed by atoms with Crippen molar-refractivity contribution in [2.75, 3.05) is 19.6 Å². The topological polar surface area (TPSA) is 71.5 Å². The number of likely N-dealkylation sites (tertiary alicyclic amines) is 1. The molecule has 1 atom stereocenters. The molecule has 5 nitrogen and oxygen atoms in total. The van der Waals surface area contributed by atoms with E-state index in [9.17, 15) is 19.2 Å². The summed E-state index contributed by atoms with van der Waals surface area (Å²) in [5.74, 6) is 2.48. The van der Waals surface area contributed by atoms with Crippen molar-refractivity contribution in [1.29, 1.82) is 0 Å². The highest BCUT2D eigenvalue weighted by Gasteiger charge is 2.32. The molecule has 0 aromatic heterocycles. The van der Waals surface area contributed by atoms with Crippen LogP contribution in [0.1, 0.15) is 87.5 Å². The summed E-state index contributed by atoms with van der Waals surface area (Å²) in [5, 5.41) is 0. The molecular weight excluding hydrogens is 402 g/mol. The van der Waals surface area contributed by atoms with Gasteiger partial charge in [-0.05, 0) is 38.6 Å². The number of ketones is 4. The number of carbonyl (C=O) groups is 4. The van der Waals surface area contributed by atoms with Crippen molar-refractivity contribution in [3.05, 3.63) is 0 Å². The van der Waals surface area contributed by atoms with E-state index in [-0.39, 0.29) is 47.2 Å². The lowest BCUT2D eigenvalue weighted by atomic mass is 9.75. The van der Waals surface area contributed by atoms with Gasteiger partial charge in [-0.3, -0.25) is 24.1 Å². The standard InChI is InChI=1S/C14H24O2.C13H23NO2/c1-9(2)13(15)11-5-7-12(8-6-11)14(16)10(3)4;1-9(2)12(15)8-14-6-5-11(7-14)13(16)10(3)4/h9-12H,5-8H2,1-4H3;9-11H,5-8H2,1-4H3/t;11-/m.1/s1. The number of hydrogen-bond donors (Lipinski definition) is 0. The van der Waals surface area contributed by atoms with Crippen molar-refractivity contribution >= 4 is 23.1 Å². The van der Waals surface area contributed by atoms with Crippen LogP contribution in [-0.2, 0) is 19.2 Å². The van der Waals surface area contributed by atoms with E-state index in [0.29, 0.717) is 23.9 Å². The molecule has 0 bridgehead atoms. The van der Waals surface area contributed by atoms with Gasteiger partial charge in [0.1, 0.15) is 23.1 Å². The van der Waals surface area contributed by atoms with Gasteiger partial charge in [0, 0.05) is 48.0 Å². The summed E-state index contributed by atoms with van der Waals surface area (Å²) in [6.45, 7) is 17.8. The zero-order valence-corrected chi connectivity index (χ0v) is 21.8. The van der Waals surface area contributed by atoms with E-state index in [1.165, 1.54) is 0 Å². The van der Waals surface area contributed by atoms with Crippen molar-refractivity contribution in [2.24, 2.45) is 41.4 Å². The van der Waals surface area contributed by atoms with E-state index in [1.54, 1.807) is 0 Å². The molecule has 1 saturated heterocycles. The predicted molar refractivity (Wildman–Crippen MR) is 129 cm³/mol. The molecule has 2 fully saturated rings. The highest BCUT2D eigenvalue weighted by molar-refractivity contribution is 5.85. The Kier molecular flexibility index (Phi) is 12.0. The fraction of sp³-hybridized carbons (Fsp3) is 0.852. The Labute approximate surface area is 196 Å². The van der Waals surface area contributed by atoms with Crippen LogP contribution >= 0.6 is 0 Å². The van der Waals surface area contributed by atoms with Crippen LogP contribution in [0.15, 0.2) is 0 Å². The molecule has 1 heterocycles. The van der Waals surface area contributed by atoms with Crippen LogP contribution in [0.2, 0.25) is 0 Å². The number of rotatable bonds is 9. The Hall–Kier alpha value is -1.36. The first-order valence-corrected chi connectivity index (χ1v) is 12.7. The molecule has 1 aliphatic heterocycles. The molecule has 1 aliphatic carbocycles. The summed E-state index contributed by atoms with van der Waals surface area (Å²) in [4.78, 5) is 49.1. The lowest BCUT2D eigenvalue weighted by Gasteiger charge is -2.28. The van der Waals surface area contributed by atoms with Gasteiger partial charge in [-0.2, -0.15) is 0 Å². The largest absolute Gasteiger partial charge is 0.299 e. The molecule has 1 saturated carbocycles. The third kappa shape index (κ3) is 8.88. The number of nitrogens with zero attached hydrogens (tertiary/aromatic N) is 1. The van der Waals surface area contributed by atoms with Gasteiger partial charge < -0.3 is 0 Å². The van der Waals surface area contributed by atoms with Gasteiger partial charge in [0.05, 0.1) is 6.54 Å². The Morgan fingerprint density at radius 1 is 0.594 bits per heavy atom. The summed E-state index contributed by atoms with van der Waals surface area (Å²) >= 11 is 0. The minimum absolute atomic E-state index is 0.0971. The minimum atomic E-state index is 0.0971. The Balaban J connectivity index is 0.000000320. The maximum absolute atomic E-state index is 11.8. The van der Waals surface area contributed by atoms with E-state index < -0.39 is 0 Å². The van der Waals surface area contributed by atoms with Crippen LogP contribution in [0, 0.1) is 41.4 Å². The molecule has 32 heavy (non-hydrogen) atoms. The maximum Gasteiger partial charge on any atom is 0.149 e. The second kappa shape index (κ2) is 13.4. The SMILES string of the molecule is CC(C)C(=O)C1CCC(C(=O)C(C)C)CC1.CC(C)C(=O)CN1CC[C@@H](C(=O)C(C)C)C1. The smallest absolute Gasteiger partial charge is 0.149 e. The average molecular weight is 450 g/mol. The van der Waals surface area contributed by atoms with Gasteiger partial charge in [0.15, 0.2) is 0 Å². The molecule has 0 spiro atoms. The Morgan fingerprint density at radius 2 is 0.969 bits per heavy atom. The summed E-state index contributed by atoms with van der Waals surface area (Å²) in [6.07, 6.45) is 4.59. The molecule has 0 radical (unpaired) electrons. The molecule has 0 aromatic rings. The normalized spacial score (nSPS) is 24.1. The van der Waals surface area contributed by atoms with Gasteiger partial charge in [-0.15, -0.1) is 0 Å². The van der Waals surface area contributed by atoms with E-state index in [0.717, 1.165) is 45.2 Å². The fourth-order valence-electron chi connectivity index (χ4n) is 4.69. The summed E-state index contributed by atoms with van der Waals surface area (Å²) in [6, 6.07) is 0. The van der Waals surface area contributed by atoms with E-state index in [2.05, 4.69) is 4.90 Å². The van der Waals surface area contributed by atoms with Crippen molar-refractivity contribution in [1.82, 2.24) is 4.90 Å². The number of Topliss-reactive ketones (excluding diaryl/α,β-unsaturated/α-hetero) is 4. The van der Waals surface area contributed by atoms with Crippen LogP contribution in [0.25, 0.3) is 0 Å². The van der Waals surface area contributed by atoms with E-state index in [1.807, 2.05) is 55.4 Å². The van der Waals surface area contributed by atoms with Crippen LogP contribution in [0.3, 0.4) is 0 Å². The van der Waals surface area contributed by atoms with Crippen molar-refractivity contribution in [3.63, 3.8) is 0 Å². The number of carbonyl (C=O) groups excluding carboxylic acids is 4. The van der Waals surface area contributed by atoms with Crippen molar-refractivity contribution in [2.45, 2.75) is 87.5 Å². The Morgan fingerprint density at radius 3 is 1.31 bits per heavy atom. The van der Waals surface area contributed by atoms with Gasteiger partial charge in [0.25, 0.3) is 0 Å². The highest BCUT2D eigenvalue weighted by atomic mass is 16.1. The molecule has 0 amide bonds. The van der Waals surface area contributed by atoms with E-state index in [4.69, 9.17) is 0 Å². The third-order valence-electron chi connectivity index (χ3n) is 6.94.